The maximum absolute atomic E-state index is 14.5. The lowest BCUT2D eigenvalue weighted by atomic mass is 10.0. The van der Waals surface area contributed by atoms with Gasteiger partial charge in [0, 0.05) is 50.6 Å². The van der Waals surface area contributed by atoms with Gasteiger partial charge in [-0.15, -0.1) is 0 Å². The molecular weight excluding hydrogens is 331 g/mol. The molecule has 26 heavy (non-hydrogen) atoms. The van der Waals surface area contributed by atoms with Gasteiger partial charge in [0.1, 0.15) is 11.9 Å². The summed E-state index contributed by atoms with van der Waals surface area (Å²) in [5.74, 6) is -0.114. The zero-order valence-electron chi connectivity index (χ0n) is 15.3. The molecule has 4 rings (SSSR count). The van der Waals surface area contributed by atoms with Crippen LogP contribution in [0.4, 0.5) is 10.1 Å². The minimum Gasteiger partial charge on any atom is -0.372 e. The van der Waals surface area contributed by atoms with Gasteiger partial charge < -0.3 is 19.5 Å². The number of nitrogens with one attached hydrogen (secondary N) is 1. The highest BCUT2D eigenvalue weighted by atomic mass is 19.1. The monoisotopic (exact) mass is 358 g/mol. The van der Waals surface area contributed by atoms with Crippen LogP contribution in [0.5, 0.6) is 0 Å². The third-order valence-electron chi connectivity index (χ3n) is 5.58. The molecule has 0 radical (unpaired) electrons. The molecule has 6 heteroatoms. The first-order chi connectivity index (χ1) is 12.7. The molecule has 2 saturated heterocycles. The number of aromatic nitrogens is 2. The molecule has 5 nitrogen and oxygen atoms in total. The SMILES string of the molecule is Cn1cncc1[C@H]1C[C@@H](NCc2c(F)cccc2N2CCCC2)CCO1. The molecule has 0 amide bonds. The maximum atomic E-state index is 14.5. The van der Waals surface area contributed by atoms with Crippen molar-refractivity contribution in [3.63, 3.8) is 0 Å². The molecule has 2 aliphatic rings. The Labute approximate surface area is 154 Å². The lowest BCUT2D eigenvalue weighted by Crippen LogP contribution is -2.36. The number of nitrogens with zero attached hydrogens (tertiary/aromatic N) is 3. The van der Waals surface area contributed by atoms with Crippen LogP contribution in [0, 0.1) is 5.82 Å². The summed E-state index contributed by atoms with van der Waals surface area (Å²) < 4.78 is 22.4. The van der Waals surface area contributed by atoms with Crippen LogP contribution in [0.25, 0.3) is 0 Å². The Balaban J connectivity index is 1.43. The van der Waals surface area contributed by atoms with E-state index in [9.17, 15) is 4.39 Å². The summed E-state index contributed by atoms with van der Waals surface area (Å²) in [5.41, 5.74) is 2.93. The number of imidazole rings is 1. The molecule has 0 spiro atoms. The molecule has 2 aromatic rings. The number of halogens is 1. The molecule has 2 atom stereocenters. The maximum Gasteiger partial charge on any atom is 0.129 e. The van der Waals surface area contributed by atoms with E-state index in [0.29, 0.717) is 19.2 Å². The van der Waals surface area contributed by atoms with Gasteiger partial charge in [0.05, 0.1) is 18.2 Å². The predicted molar refractivity (Wildman–Crippen MR) is 99.6 cm³/mol. The van der Waals surface area contributed by atoms with Crippen molar-refractivity contribution in [2.75, 3.05) is 24.6 Å². The Morgan fingerprint density at radius 3 is 2.92 bits per heavy atom. The highest BCUT2D eigenvalue weighted by molar-refractivity contribution is 5.54. The van der Waals surface area contributed by atoms with Crippen molar-refractivity contribution in [2.45, 2.75) is 44.4 Å². The number of ether oxygens (including phenoxy) is 1. The van der Waals surface area contributed by atoms with E-state index in [4.69, 9.17) is 4.74 Å². The van der Waals surface area contributed by atoms with Crippen LogP contribution < -0.4 is 10.2 Å². The second-order valence-electron chi connectivity index (χ2n) is 7.32. The van der Waals surface area contributed by atoms with E-state index in [0.717, 1.165) is 42.9 Å². The molecule has 0 unspecified atom stereocenters. The molecule has 1 aromatic heterocycles. The van der Waals surface area contributed by atoms with Crippen molar-refractivity contribution in [3.8, 4) is 0 Å². The topological polar surface area (TPSA) is 42.3 Å². The van der Waals surface area contributed by atoms with E-state index < -0.39 is 0 Å². The van der Waals surface area contributed by atoms with Gasteiger partial charge in [-0.2, -0.15) is 0 Å². The molecule has 0 aliphatic carbocycles. The van der Waals surface area contributed by atoms with Crippen LogP contribution in [0.2, 0.25) is 0 Å². The van der Waals surface area contributed by atoms with Gasteiger partial charge in [0.15, 0.2) is 0 Å². The fourth-order valence-corrected chi connectivity index (χ4v) is 4.09. The van der Waals surface area contributed by atoms with Crippen LogP contribution in [0.1, 0.15) is 43.0 Å². The Bertz CT molecular complexity index is 741. The fraction of sp³-hybridized carbons (Fsp3) is 0.550. The summed E-state index contributed by atoms with van der Waals surface area (Å²) in [6.07, 6.45) is 7.93. The van der Waals surface area contributed by atoms with E-state index in [-0.39, 0.29) is 11.9 Å². The van der Waals surface area contributed by atoms with Crippen LogP contribution in [-0.2, 0) is 18.3 Å². The number of hydrogen-bond donors (Lipinski definition) is 1. The summed E-state index contributed by atoms with van der Waals surface area (Å²) in [4.78, 5) is 6.50. The second kappa shape index (κ2) is 7.76. The van der Waals surface area contributed by atoms with Gasteiger partial charge in [0.2, 0.25) is 0 Å². The second-order valence-corrected chi connectivity index (χ2v) is 7.32. The minimum atomic E-state index is -0.114. The average Bonchev–Trinajstić information content (AvgIpc) is 3.32. The zero-order valence-corrected chi connectivity index (χ0v) is 15.3. The van der Waals surface area contributed by atoms with E-state index in [2.05, 4.69) is 15.2 Å². The Morgan fingerprint density at radius 2 is 2.15 bits per heavy atom. The first kappa shape index (κ1) is 17.5. The molecule has 1 aromatic carbocycles. The fourth-order valence-electron chi connectivity index (χ4n) is 4.09. The Morgan fingerprint density at radius 1 is 1.31 bits per heavy atom. The molecule has 3 heterocycles. The molecule has 1 N–H and O–H groups in total. The van der Waals surface area contributed by atoms with Gasteiger partial charge in [-0.1, -0.05) is 6.07 Å². The van der Waals surface area contributed by atoms with Gasteiger partial charge >= 0.3 is 0 Å². The molecule has 0 saturated carbocycles. The summed E-state index contributed by atoms with van der Waals surface area (Å²) in [5, 5.41) is 3.58. The van der Waals surface area contributed by atoms with Crippen molar-refractivity contribution in [1.29, 1.82) is 0 Å². The molecular formula is C20H27FN4O. The normalized spacial score (nSPS) is 23.5. The van der Waals surface area contributed by atoms with Crippen molar-refractivity contribution in [1.82, 2.24) is 14.9 Å². The van der Waals surface area contributed by atoms with E-state index in [1.807, 2.05) is 29.9 Å². The summed E-state index contributed by atoms with van der Waals surface area (Å²) >= 11 is 0. The highest BCUT2D eigenvalue weighted by Gasteiger charge is 2.26. The van der Waals surface area contributed by atoms with E-state index in [1.165, 1.54) is 12.8 Å². The summed E-state index contributed by atoms with van der Waals surface area (Å²) in [6.45, 7) is 3.32. The van der Waals surface area contributed by atoms with Gasteiger partial charge in [-0.3, -0.25) is 0 Å². The van der Waals surface area contributed by atoms with E-state index >= 15 is 0 Å². The lowest BCUT2D eigenvalue weighted by Gasteiger charge is -2.31. The van der Waals surface area contributed by atoms with Gasteiger partial charge in [0.25, 0.3) is 0 Å². The number of anilines is 1. The molecule has 0 bridgehead atoms. The van der Waals surface area contributed by atoms with Crippen molar-refractivity contribution in [3.05, 3.63) is 47.8 Å². The van der Waals surface area contributed by atoms with E-state index in [1.54, 1.807) is 12.4 Å². The molecule has 2 fully saturated rings. The predicted octanol–water partition coefficient (Wildman–Crippen LogP) is 3.17. The summed E-state index contributed by atoms with van der Waals surface area (Å²) in [6, 6.07) is 5.75. The molecule has 2 aliphatic heterocycles. The van der Waals surface area contributed by atoms with Crippen molar-refractivity contribution >= 4 is 5.69 Å². The third kappa shape index (κ3) is 3.62. The number of hydrogen-bond acceptors (Lipinski definition) is 4. The lowest BCUT2D eigenvalue weighted by molar-refractivity contribution is -0.00407. The average molecular weight is 358 g/mol. The Kier molecular flexibility index (Phi) is 5.22. The molecule has 140 valence electrons. The van der Waals surface area contributed by atoms with Crippen molar-refractivity contribution < 1.29 is 9.13 Å². The number of rotatable bonds is 5. The minimum absolute atomic E-state index is 0.0485. The first-order valence-electron chi connectivity index (χ1n) is 9.56. The van der Waals surface area contributed by atoms with Gasteiger partial charge in [-0.05, 0) is 37.8 Å². The standard InChI is InChI=1S/C20H27FN4O/c1-24-14-22-13-19(24)20-11-15(7-10-26-20)23-12-16-17(21)5-4-6-18(16)25-8-2-3-9-25/h4-6,13-15,20,23H,2-3,7-12H2,1H3/t15-,20+/m0/s1. The first-order valence-corrected chi connectivity index (χ1v) is 9.56. The van der Waals surface area contributed by atoms with Crippen LogP contribution in [0.15, 0.2) is 30.7 Å². The highest BCUT2D eigenvalue weighted by Crippen LogP contribution is 2.30. The zero-order chi connectivity index (χ0) is 17.9. The van der Waals surface area contributed by atoms with Crippen LogP contribution in [0.3, 0.4) is 0 Å². The smallest absolute Gasteiger partial charge is 0.129 e. The van der Waals surface area contributed by atoms with Gasteiger partial charge in [-0.25, -0.2) is 9.37 Å². The van der Waals surface area contributed by atoms with Crippen LogP contribution >= 0.6 is 0 Å². The quantitative estimate of drug-likeness (QED) is 0.892. The van der Waals surface area contributed by atoms with Crippen molar-refractivity contribution in [2.24, 2.45) is 7.05 Å². The number of aryl methyl sites for hydroxylation is 1. The summed E-state index contributed by atoms with van der Waals surface area (Å²) in [7, 11) is 1.99. The number of benzene rings is 1. The third-order valence-corrected chi connectivity index (χ3v) is 5.58. The van der Waals surface area contributed by atoms with Crippen LogP contribution in [-0.4, -0.2) is 35.3 Å². The Hall–Kier alpha value is -1.92. The largest absolute Gasteiger partial charge is 0.372 e.